The van der Waals surface area contributed by atoms with E-state index in [1.165, 1.54) is 0 Å². The van der Waals surface area contributed by atoms with E-state index in [1.807, 2.05) is 24.3 Å². The lowest BCUT2D eigenvalue weighted by Crippen LogP contribution is -2.42. The fourth-order valence-corrected chi connectivity index (χ4v) is 3.55. The summed E-state index contributed by atoms with van der Waals surface area (Å²) in [6, 6.07) is 16.0. The fourth-order valence-electron chi connectivity index (χ4n) is 2.29. The smallest absolute Gasteiger partial charge is 0.240 e. The zero-order chi connectivity index (χ0) is 18.8. The molecule has 0 saturated carbocycles. The number of nitrogens with one attached hydrogen (secondary N) is 3. The summed E-state index contributed by atoms with van der Waals surface area (Å²) in [4.78, 5) is 4.37. The molecular formula is C18H23ClN4O2S. The Morgan fingerprint density at radius 2 is 1.73 bits per heavy atom. The molecule has 0 fully saturated rings. The van der Waals surface area contributed by atoms with Crippen molar-refractivity contribution >= 4 is 27.6 Å². The van der Waals surface area contributed by atoms with Gasteiger partial charge in [-0.3, -0.25) is 4.99 Å². The molecule has 3 N–H and O–H groups in total. The monoisotopic (exact) mass is 394 g/mol. The van der Waals surface area contributed by atoms with Gasteiger partial charge < -0.3 is 10.6 Å². The SMILES string of the molecule is CN=C(NCCNS(=O)(=O)c1ccccc1)NCCc1cccc(Cl)c1. The standard InChI is InChI=1S/C18H23ClN4O2S/c1-20-18(21-11-10-15-6-5-7-16(19)14-15)22-12-13-23-26(24,25)17-8-3-2-4-9-17/h2-9,14,23H,10-13H2,1H3,(H2,20,21,22). The Balaban J connectivity index is 1.70. The summed E-state index contributed by atoms with van der Waals surface area (Å²) < 4.78 is 26.8. The average molecular weight is 395 g/mol. The second-order valence-electron chi connectivity index (χ2n) is 5.52. The van der Waals surface area contributed by atoms with Gasteiger partial charge in [-0.1, -0.05) is 41.9 Å². The van der Waals surface area contributed by atoms with Crippen molar-refractivity contribution in [3.05, 3.63) is 65.2 Å². The second-order valence-corrected chi connectivity index (χ2v) is 7.72. The van der Waals surface area contributed by atoms with Crippen molar-refractivity contribution in [2.24, 2.45) is 4.99 Å². The minimum absolute atomic E-state index is 0.254. The molecule has 2 rings (SSSR count). The molecule has 0 aromatic heterocycles. The van der Waals surface area contributed by atoms with Gasteiger partial charge in [-0.25, -0.2) is 13.1 Å². The maximum Gasteiger partial charge on any atom is 0.240 e. The second kappa shape index (κ2) is 10.2. The quantitative estimate of drug-likeness (QED) is 0.363. The van der Waals surface area contributed by atoms with Crippen LogP contribution in [0.15, 0.2) is 64.5 Å². The maximum atomic E-state index is 12.1. The van der Waals surface area contributed by atoms with E-state index < -0.39 is 10.0 Å². The van der Waals surface area contributed by atoms with Gasteiger partial charge in [-0.2, -0.15) is 0 Å². The van der Waals surface area contributed by atoms with Gasteiger partial charge in [0.25, 0.3) is 0 Å². The Bertz CT molecular complexity index is 826. The number of aliphatic imine (C=N–C) groups is 1. The number of hydrogen-bond acceptors (Lipinski definition) is 3. The minimum Gasteiger partial charge on any atom is -0.356 e. The van der Waals surface area contributed by atoms with Gasteiger partial charge in [0.1, 0.15) is 0 Å². The molecule has 26 heavy (non-hydrogen) atoms. The van der Waals surface area contributed by atoms with Crippen LogP contribution in [0.25, 0.3) is 0 Å². The van der Waals surface area contributed by atoms with E-state index in [0.29, 0.717) is 19.0 Å². The van der Waals surface area contributed by atoms with E-state index in [1.54, 1.807) is 37.4 Å². The van der Waals surface area contributed by atoms with E-state index in [4.69, 9.17) is 11.6 Å². The minimum atomic E-state index is -3.48. The Morgan fingerprint density at radius 1 is 1.00 bits per heavy atom. The van der Waals surface area contributed by atoms with Crippen LogP contribution in [-0.4, -0.2) is 41.1 Å². The van der Waals surface area contributed by atoms with Crippen molar-refractivity contribution in [1.29, 1.82) is 0 Å². The maximum absolute atomic E-state index is 12.1. The highest BCUT2D eigenvalue weighted by atomic mass is 35.5. The Hall–Kier alpha value is -2.09. The van der Waals surface area contributed by atoms with E-state index in [-0.39, 0.29) is 11.4 Å². The van der Waals surface area contributed by atoms with Gasteiger partial charge in [0.05, 0.1) is 4.90 Å². The van der Waals surface area contributed by atoms with Crippen molar-refractivity contribution in [3.63, 3.8) is 0 Å². The molecule has 0 bridgehead atoms. The molecule has 0 unspecified atom stereocenters. The molecular weight excluding hydrogens is 372 g/mol. The molecule has 0 aliphatic rings. The zero-order valence-electron chi connectivity index (χ0n) is 14.6. The number of rotatable bonds is 8. The zero-order valence-corrected chi connectivity index (χ0v) is 16.1. The summed E-state index contributed by atoms with van der Waals surface area (Å²) in [5, 5.41) is 6.98. The van der Waals surface area contributed by atoms with Crippen LogP contribution in [0.2, 0.25) is 5.02 Å². The van der Waals surface area contributed by atoms with Crippen molar-refractivity contribution in [3.8, 4) is 0 Å². The van der Waals surface area contributed by atoms with Crippen molar-refractivity contribution in [2.75, 3.05) is 26.7 Å². The van der Waals surface area contributed by atoms with Gasteiger partial charge in [0, 0.05) is 31.7 Å². The number of sulfonamides is 1. The predicted octanol–water partition coefficient (Wildman–Crippen LogP) is 2.03. The number of nitrogens with zero attached hydrogens (tertiary/aromatic N) is 1. The van der Waals surface area contributed by atoms with Gasteiger partial charge in [0.15, 0.2) is 5.96 Å². The molecule has 0 aliphatic heterocycles. The van der Waals surface area contributed by atoms with E-state index in [2.05, 4.69) is 20.3 Å². The number of halogens is 1. The molecule has 0 radical (unpaired) electrons. The summed E-state index contributed by atoms with van der Waals surface area (Å²) in [6.07, 6.45) is 0.807. The normalized spacial score (nSPS) is 12.0. The molecule has 140 valence electrons. The lowest BCUT2D eigenvalue weighted by atomic mass is 10.1. The molecule has 6 nitrogen and oxygen atoms in total. The van der Waals surface area contributed by atoms with Crippen molar-refractivity contribution < 1.29 is 8.42 Å². The highest BCUT2D eigenvalue weighted by Gasteiger charge is 2.11. The van der Waals surface area contributed by atoms with Crippen LogP contribution in [-0.2, 0) is 16.4 Å². The summed E-state index contributed by atoms with van der Waals surface area (Å²) in [5.41, 5.74) is 1.14. The van der Waals surface area contributed by atoms with Crippen LogP contribution in [0.3, 0.4) is 0 Å². The molecule has 0 heterocycles. The molecule has 0 saturated heterocycles. The topological polar surface area (TPSA) is 82.6 Å². The van der Waals surface area contributed by atoms with Gasteiger partial charge >= 0.3 is 0 Å². The van der Waals surface area contributed by atoms with Crippen LogP contribution in [0.4, 0.5) is 0 Å². The molecule has 0 amide bonds. The Morgan fingerprint density at radius 3 is 2.42 bits per heavy atom. The third-order valence-electron chi connectivity index (χ3n) is 3.58. The number of hydrogen-bond donors (Lipinski definition) is 3. The highest BCUT2D eigenvalue weighted by molar-refractivity contribution is 7.89. The van der Waals surface area contributed by atoms with E-state index in [0.717, 1.165) is 17.0 Å². The summed E-state index contributed by atoms with van der Waals surface area (Å²) >= 11 is 5.97. The lowest BCUT2D eigenvalue weighted by Gasteiger charge is -2.12. The largest absolute Gasteiger partial charge is 0.356 e. The van der Waals surface area contributed by atoms with Crippen molar-refractivity contribution in [2.45, 2.75) is 11.3 Å². The number of benzene rings is 2. The summed E-state index contributed by atoms with van der Waals surface area (Å²) in [6.45, 7) is 1.37. The van der Waals surface area contributed by atoms with Gasteiger partial charge in [-0.15, -0.1) is 0 Å². The molecule has 0 atom stereocenters. The van der Waals surface area contributed by atoms with E-state index >= 15 is 0 Å². The molecule has 2 aromatic rings. The highest BCUT2D eigenvalue weighted by Crippen LogP contribution is 2.10. The van der Waals surface area contributed by atoms with Gasteiger partial charge in [0.2, 0.25) is 10.0 Å². The van der Waals surface area contributed by atoms with Crippen LogP contribution < -0.4 is 15.4 Å². The summed E-state index contributed by atoms with van der Waals surface area (Å²) in [7, 11) is -1.82. The van der Waals surface area contributed by atoms with Crippen LogP contribution >= 0.6 is 11.6 Å². The molecule has 2 aromatic carbocycles. The number of guanidine groups is 1. The van der Waals surface area contributed by atoms with Crippen LogP contribution in [0.1, 0.15) is 5.56 Å². The summed E-state index contributed by atoms with van der Waals surface area (Å²) in [5.74, 6) is 0.617. The predicted molar refractivity (Wildman–Crippen MR) is 106 cm³/mol. The third kappa shape index (κ3) is 6.67. The first kappa shape index (κ1) is 20.2. The third-order valence-corrected chi connectivity index (χ3v) is 5.29. The first-order chi connectivity index (χ1) is 12.5. The lowest BCUT2D eigenvalue weighted by molar-refractivity contribution is 0.580. The van der Waals surface area contributed by atoms with Crippen molar-refractivity contribution in [1.82, 2.24) is 15.4 Å². The van der Waals surface area contributed by atoms with Crippen LogP contribution in [0.5, 0.6) is 0 Å². The first-order valence-corrected chi connectivity index (χ1v) is 10.1. The average Bonchev–Trinajstić information content (AvgIpc) is 2.64. The fraction of sp³-hybridized carbons (Fsp3) is 0.278. The molecule has 8 heteroatoms. The molecule has 0 aliphatic carbocycles. The van der Waals surface area contributed by atoms with E-state index in [9.17, 15) is 8.42 Å². The molecule has 0 spiro atoms. The Labute approximate surface area is 159 Å². The van der Waals surface area contributed by atoms with Crippen LogP contribution in [0, 0.1) is 0 Å². The first-order valence-electron chi connectivity index (χ1n) is 8.25. The van der Waals surface area contributed by atoms with Gasteiger partial charge in [-0.05, 0) is 36.2 Å². The Kier molecular flexibility index (Phi) is 7.90.